The fourth-order valence-corrected chi connectivity index (χ4v) is 3.75. The lowest BCUT2D eigenvalue weighted by molar-refractivity contribution is 0.266. The molecule has 0 bridgehead atoms. The molecule has 1 aliphatic heterocycles. The van der Waals surface area contributed by atoms with Crippen LogP contribution in [0.2, 0.25) is 0 Å². The number of fused-ring (bicyclic) bond motifs is 3. The number of ether oxygens (including phenoxy) is 1. The van der Waals surface area contributed by atoms with E-state index in [-0.39, 0.29) is 6.23 Å². The van der Waals surface area contributed by atoms with E-state index < -0.39 is 0 Å². The maximum absolute atomic E-state index is 6.18. The predicted molar refractivity (Wildman–Crippen MR) is 114 cm³/mol. The standard InChI is InChI=1S/C22H22N4OS/c1-2-3-15-28-22-24-21-20(25-26-22)17-11-7-8-12-18(17)23-19(27-21)14-13-16-9-5-4-6-10-16/h4-14,19,23H,2-3,15H2,1H3/b14-13+/t19-/m1/s1. The molecule has 1 N–H and O–H groups in total. The Morgan fingerprint density at radius 1 is 1.07 bits per heavy atom. The Morgan fingerprint density at radius 2 is 1.89 bits per heavy atom. The first-order valence-electron chi connectivity index (χ1n) is 9.47. The second-order valence-corrected chi connectivity index (χ2v) is 7.51. The highest BCUT2D eigenvalue weighted by Crippen LogP contribution is 2.36. The van der Waals surface area contributed by atoms with Crippen LogP contribution in [0.4, 0.5) is 5.69 Å². The fourth-order valence-electron chi connectivity index (χ4n) is 2.89. The van der Waals surface area contributed by atoms with Crippen LogP contribution in [0.25, 0.3) is 17.3 Å². The molecule has 0 saturated heterocycles. The molecule has 5 nitrogen and oxygen atoms in total. The molecule has 3 aromatic rings. The van der Waals surface area contributed by atoms with Gasteiger partial charge in [-0.2, -0.15) is 4.98 Å². The van der Waals surface area contributed by atoms with Crippen molar-refractivity contribution in [3.63, 3.8) is 0 Å². The maximum Gasteiger partial charge on any atom is 0.247 e. The Bertz CT molecular complexity index is 962. The van der Waals surface area contributed by atoms with Crippen LogP contribution in [0, 0.1) is 0 Å². The van der Waals surface area contributed by atoms with E-state index in [1.165, 1.54) is 0 Å². The Labute approximate surface area is 169 Å². The summed E-state index contributed by atoms with van der Waals surface area (Å²) in [6.07, 6.45) is 5.95. The quantitative estimate of drug-likeness (QED) is 0.457. The van der Waals surface area contributed by atoms with Gasteiger partial charge >= 0.3 is 0 Å². The van der Waals surface area contributed by atoms with Gasteiger partial charge in [-0.25, -0.2) is 0 Å². The van der Waals surface area contributed by atoms with Gasteiger partial charge in [0.1, 0.15) is 0 Å². The van der Waals surface area contributed by atoms with Gasteiger partial charge in [-0.1, -0.05) is 79.7 Å². The fraction of sp³-hybridized carbons (Fsp3) is 0.227. The van der Waals surface area contributed by atoms with Crippen molar-refractivity contribution >= 4 is 23.5 Å². The summed E-state index contributed by atoms with van der Waals surface area (Å²) < 4.78 is 6.18. The number of nitrogens with one attached hydrogen (secondary N) is 1. The smallest absolute Gasteiger partial charge is 0.247 e. The lowest BCUT2D eigenvalue weighted by Gasteiger charge is -2.15. The topological polar surface area (TPSA) is 59.9 Å². The largest absolute Gasteiger partial charge is 0.448 e. The van der Waals surface area contributed by atoms with E-state index in [1.54, 1.807) is 11.8 Å². The number of nitrogens with zero attached hydrogens (tertiary/aromatic N) is 3. The van der Waals surface area contributed by atoms with E-state index in [9.17, 15) is 0 Å². The number of para-hydroxylation sites is 1. The van der Waals surface area contributed by atoms with Crippen molar-refractivity contribution in [2.75, 3.05) is 11.1 Å². The Morgan fingerprint density at radius 3 is 2.75 bits per heavy atom. The Hall–Kier alpha value is -2.86. The minimum atomic E-state index is -0.354. The number of hydrogen-bond donors (Lipinski definition) is 1. The molecular formula is C22H22N4OS. The molecule has 0 fully saturated rings. The van der Waals surface area contributed by atoms with Gasteiger partial charge in [0.25, 0.3) is 0 Å². The van der Waals surface area contributed by atoms with E-state index in [0.717, 1.165) is 35.4 Å². The minimum Gasteiger partial charge on any atom is -0.448 e. The van der Waals surface area contributed by atoms with Crippen LogP contribution in [0.15, 0.2) is 65.8 Å². The first-order valence-corrected chi connectivity index (χ1v) is 10.5. The average Bonchev–Trinajstić information content (AvgIpc) is 2.89. The van der Waals surface area contributed by atoms with Gasteiger partial charge in [-0.15, -0.1) is 10.2 Å². The molecule has 0 aliphatic carbocycles. The predicted octanol–water partition coefficient (Wildman–Crippen LogP) is 5.27. The minimum absolute atomic E-state index is 0.354. The Kier molecular flexibility index (Phi) is 5.87. The van der Waals surface area contributed by atoms with E-state index in [1.807, 2.05) is 54.6 Å². The van der Waals surface area contributed by atoms with Crippen molar-refractivity contribution in [2.24, 2.45) is 0 Å². The van der Waals surface area contributed by atoms with Crippen molar-refractivity contribution in [1.29, 1.82) is 0 Å². The molecular weight excluding hydrogens is 368 g/mol. The second-order valence-electron chi connectivity index (χ2n) is 6.45. The van der Waals surface area contributed by atoms with Gasteiger partial charge in [0.05, 0.1) is 0 Å². The van der Waals surface area contributed by atoms with Crippen molar-refractivity contribution < 1.29 is 4.74 Å². The third kappa shape index (κ3) is 4.34. The summed E-state index contributed by atoms with van der Waals surface area (Å²) in [5.74, 6) is 1.48. The summed E-state index contributed by atoms with van der Waals surface area (Å²) in [5, 5.41) is 12.8. The summed E-state index contributed by atoms with van der Waals surface area (Å²) in [6, 6.07) is 18.1. The molecule has 4 rings (SSSR count). The van der Waals surface area contributed by atoms with Crippen molar-refractivity contribution in [2.45, 2.75) is 31.1 Å². The normalized spacial score (nSPS) is 15.2. The van der Waals surface area contributed by atoms with Crippen molar-refractivity contribution in [3.05, 3.63) is 66.2 Å². The molecule has 1 aromatic heterocycles. The number of aromatic nitrogens is 3. The van der Waals surface area contributed by atoms with Gasteiger partial charge in [0.2, 0.25) is 11.0 Å². The van der Waals surface area contributed by atoms with Crippen LogP contribution in [0.1, 0.15) is 25.3 Å². The zero-order chi connectivity index (χ0) is 19.2. The number of anilines is 1. The molecule has 2 heterocycles. The second kappa shape index (κ2) is 8.89. The molecule has 142 valence electrons. The lowest BCUT2D eigenvalue weighted by atomic mass is 10.1. The number of hydrogen-bond acceptors (Lipinski definition) is 6. The zero-order valence-corrected chi connectivity index (χ0v) is 16.5. The van der Waals surface area contributed by atoms with Crippen LogP contribution in [0.3, 0.4) is 0 Å². The molecule has 1 atom stereocenters. The van der Waals surface area contributed by atoms with Crippen LogP contribution in [-0.4, -0.2) is 27.2 Å². The first kappa shape index (κ1) is 18.5. The van der Waals surface area contributed by atoms with Crippen LogP contribution < -0.4 is 10.1 Å². The van der Waals surface area contributed by atoms with Gasteiger partial charge in [-0.05, 0) is 24.1 Å². The average molecular weight is 391 g/mol. The molecule has 0 radical (unpaired) electrons. The van der Waals surface area contributed by atoms with Gasteiger partial charge < -0.3 is 10.1 Å². The monoisotopic (exact) mass is 390 g/mol. The van der Waals surface area contributed by atoms with E-state index in [0.29, 0.717) is 16.7 Å². The zero-order valence-electron chi connectivity index (χ0n) is 15.7. The van der Waals surface area contributed by atoms with E-state index in [4.69, 9.17) is 4.74 Å². The highest BCUT2D eigenvalue weighted by Gasteiger charge is 2.23. The SMILES string of the molecule is CCCCSc1nnc2c(n1)O[C@H](/C=C/c1ccccc1)Nc1ccccc1-2. The molecule has 28 heavy (non-hydrogen) atoms. The molecule has 0 amide bonds. The first-order chi connectivity index (χ1) is 13.8. The van der Waals surface area contributed by atoms with Crippen molar-refractivity contribution in [1.82, 2.24) is 15.2 Å². The Balaban J connectivity index is 1.65. The van der Waals surface area contributed by atoms with Crippen LogP contribution in [-0.2, 0) is 0 Å². The molecule has 0 unspecified atom stereocenters. The summed E-state index contributed by atoms with van der Waals surface area (Å²) >= 11 is 1.61. The van der Waals surface area contributed by atoms with Gasteiger partial charge in [-0.3, -0.25) is 0 Å². The highest BCUT2D eigenvalue weighted by molar-refractivity contribution is 7.99. The van der Waals surface area contributed by atoms with Gasteiger partial charge in [0, 0.05) is 17.0 Å². The molecule has 1 aliphatic rings. The third-order valence-corrected chi connectivity index (χ3v) is 5.27. The molecule has 0 spiro atoms. The highest BCUT2D eigenvalue weighted by atomic mass is 32.2. The molecule has 2 aromatic carbocycles. The summed E-state index contributed by atoms with van der Waals surface area (Å²) in [6.45, 7) is 2.17. The van der Waals surface area contributed by atoms with Gasteiger partial charge in [0.15, 0.2) is 11.9 Å². The molecule has 6 heteroatoms. The third-order valence-electron chi connectivity index (χ3n) is 4.35. The lowest BCUT2D eigenvalue weighted by Crippen LogP contribution is -2.23. The molecule has 0 saturated carbocycles. The van der Waals surface area contributed by atoms with Crippen LogP contribution >= 0.6 is 11.8 Å². The van der Waals surface area contributed by atoms with E-state index >= 15 is 0 Å². The van der Waals surface area contributed by atoms with Crippen LogP contribution in [0.5, 0.6) is 5.88 Å². The van der Waals surface area contributed by atoms with Crippen molar-refractivity contribution in [3.8, 4) is 17.1 Å². The number of thioether (sulfide) groups is 1. The summed E-state index contributed by atoms with van der Waals surface area (Å²) in [5.41, 5.74) is 3.67. The number of rotatable bonds is 6. The van der Waals surface area contributed by atoms with E-state index in [2.05, 4.69) is 39.6 Å². The number of unbranched alkanes of at least 4 members (excludes halogenated alkanes) is 1. The summed E-state index contributed by atoms with van der Waals surface area (Å²) in [7, 11) is 0. The summed E-state index contributed by atoms with van der Waals surface area (Å²) in [4.78, 5) is 4.64. The number of benzene rings is 2. The maximum atomic E-state index is 6.18.